The van der Waals surface area contributed by atoms with Crippen molar-refractivity contribution in [3.8, 4) is 11.3 Å². The molecule has 6 nitrogen and oxygen atoms in total. The monoisotopic (exact) mass is 254 g/mol. The molecule has 0 saturated heterocycles. The third kappa shape index (κ3) is 2.97. The Morgan fingerprint density at radius 2 is 1.88 bits per heavy atom. The minimum atomic E-state index is -3.28. The lowest BCUT2D eigenvalue weighted by Crippen LogP contribution is -2.09. The van der Waals surface area contributed by atoms with Crippen molar-refractivity contribution >= 4 is 15.7 Å². The first-order valence-corrected chi connectivity index (χ1v) is 6.60. The molecular weight excluding hydrogens is 244 g/mol. The maximum absolute atomic E-state index is 11.0. The summed E-state index contributed by atoms with van der Waals surface area (Å²) in [6.07, 6.45) is 1.08. The van der Waals surface area contributed by atoms with Crippen LogP contribution in [0.15, 0.2) is 39.6 Å². The summed E-state index contributed by atoms with van der Waals surface area (Å²) in [6.45, 7) is 0. The van der Waals surface area contributed by atoms with Crippen molar-refractivity contribution in [1.29, 1.82) is 0 Å². The maximum atomic E-state index is 11.0. The molecule has 17 heavy (non-hydrogen) atoms. The summed E-state index contributed by atoms with van der Waals surface area (Å²) in [5.41, 5.74) is 1.27. The molecule has 0 amide bonds. The van der Waals surface area contributed by atoms with Crippen molar-refractivity contribution in [3.05, 3.63) is 40.8 Å². The summed E-state index contributed by atoms with van der Waals surface area (Å²) in [5.74, 6) is 0. The molecule has 0 aliphatic rings. The SMILES string of the molecule is CS(=O)(=O)Nc1ccc(-c2cc(=O)o[nH]2)cc1. The number of hydrogen-bond acceptors (Lipinski definition) is 4. The minimum Gasteiger partial charge on any atom is -0.339 e. The predicted octanol–water partition coefficient (Wildman–Crippen LogP) is 1.01. The first-order chi connectivity index (χ1) is 7.94. The molecule has 0 fully saturated rings. The van der Waals surface area contributed by atoms with Gasteiger partial charge in [-0.2, -0.15) is 0 Å². The van der Waals surface area contributed by atoms with E-state index in [1.54, 1.807) is 24.3 Å². The van der Waals surface area contributed by atoms with E-state index in [9.17, 15) is 13.2 Å². The molecule has 2 rings (SSSR count). The van der Waals surface area contributed by atoms with E-state index in [4.69, 9.17) is 0 Å². The van der Waals surface area contributed by atoms with Gasteiger partial charge in [-0.1, -0.05) is 12.1 Å². The molecule has 0 saturated carbocycles. The zero-order valence-electron chi connectivity index (χ0n) is 8.93. The lowest BCUT2D eigenvalue weighted by molar-refractivity contribution is 0.394. The molecule has 0 spiro atoms. The fourth-order valence-electron chi connectivity index (χ4n) is 1.36. The highest BCUT2D eigenvalue weighted by Gasteiger charge is 2.04. The first kappa shape index (κ1) is 11.5. The van der Waals surface area contributed by atoms with Crippen LogP contribution in [0.4, 0.5) is 5.69 Å². The van der Waals surface area contributed by atoms with Gasteiger partial charge in [-0.15, -0.1) is 0 Å². The van der Waals surface area contributed by atoms with Crippen LogP contribution in [0, 0.1) is 0 Å². The van der Waals surface area contributed by atoms with E-state index < -0.39 is 15.6 Å². The van der Waals surface area contributed by atoms with Gasteiger partial charge in [0.15, 0.2) is 0 Å². The number of aromatic nitrogens is 1. The fourth-order valence-corrected chi connectivity index (χ4v) is 1.92. The highest BCUT2D eigenvalue weighted by molar-refractivity contribution is 7.92. The first-order valence-electron chi connectivity index (χ1n) is 4.71. The fraction of sp³-hybridized carbons (Fsp3) is 0.100. The van der Waals surface area contributed by atoms with Crippen LogP contribution in [0.5, 0.6) is 0 Å². The molecule has 7 heteroatoms. The number of rotatable bonds is 3. The average Bonchev–Trinajstić information content (AvgIpc) is 2.63. The standard InChI is InChI=1S/C10H10N2O4S/c1-17(14,15)12-8-4-2-7(3-5-8)9-6-10(13)16-11-9/h2-6,11-12H,1H3. The van der Waals surface area contributed by atoms with Crippen molar-refractivity contribution in [2.24, 2.45) is 0 Å². The maximum Gasteiger partial charge on any atom is 0.357 e. The largest absolute Gasteiger partial charge is 0.357 e. The van der Waals surface area contributed by atoms with Crippen LogP contribution in [-0.4, -0.2) is 19.8 Å². The quantitative estimate of drug-likeness (QED) is 0.854. The van der Waals surface area contributed by atoms with Crippen LogP contribution >= 0.6 is 0 Å². The highest BCUT2D eigenvalue weighted by atomic mass is 32.2. The molecule has 1 heterocycles. The lowest BCUT2D eigenvalue weighted by Gasteiger charge is -2.03. The molecule has 0 aliphatic carbocycles. The van der Waals surface area contributed by atoms with E-state index in [1.165, 1.54) is 6.07 Å². The molecule has 0 atom stereocenters. The van der Waals surface area contributed by atoms with Gasteiger partial charge in [0, 0.05) is 11.3 Å². The Morgan fingerprint density at radius 3 is 2.35 bits per heavy atom. The summed E-state index contributed by atoms with van der Waals surface area (Å²) in [7, 11) is -3.28. The summed E-state index contributed by atoms with van der Waals surface area (Å²) < 4.78 is 28.9. The van der Waals surface area contributed by atoms with E-state index in [0.717, 1.165) is 11.8 Å². The molecule has 1 aromatic carbocycles. The molecule has 0 radical (unpaired) electrons. The molecule has 2 aromatic rings. The van der Waals surface area contributed by atoms with Crippen LogP contribution < -0.4 is 10.3 Å². The Kier molecular flexibility index (Phi) is 2.76. The summed E-state index contributed by atoms with van der Waals surface area (Å²) in [4.78, 5) is 10.8. The van der Waals surface area contributed by atoms with E-state index in [1.807, 2.05) is 0 Å². The summed E-state index contributed by atoms with van der Waals surface area (Å²) in [6, 6.07) is 7.87. The number of nitrogens with one attached hydrogen (secondary N) is 2. The second kappa shape index (κ2) is 4.10. The number of anilines is 1. The molecule has 0 aliphatic heterocycles. The number of hydrogen-bond donors (Lipinski definition) is 2. The van der Waals surface area contributed by atoms with Gasteiger partial charge in [0.25, 0.3) is 0 Å². The molecule has 2 N–H and O–H groups in total. The average molecular weight is 254 g/mol. The zero-order chi connectivity index (χ0) is 12.5. The van der Waals surface area contributed by atoms with Crippen molar-refractivity contribution in [2.75, 3.05) is 11.0 Å². The number of aromatic amines is 1. The third-order valence-corrected chi connectivity index (χ3v) is 2.63. The number of benzene rings is 1. The Balaban J connectivity index is 2.27. The van der Waals surface area contributed by atoms with Gasteiger partial charge in [-0.25, -0.2) is 18.4 Å². The van der Waals surface area contributed by atoms with Gasteiger partial charge in [-0.3, -0.25) is 4.72 Å². The Labute approximate surface area is 97.3 Å². The van der Waals surface area contributed by atoms with E-state index in [2.05, 4.69) is 14.4 Å². The Hall–Kier alpha value is -2.02. The molecule has 90 valence electrons. The highest BCUT2D eigenvalue weighted by Crippen LogP contribution is 2.18. The number of sulfonamides is 1. The smallest absolute Gasteiger partial charge is 0.339 e. The van der Waals surface area contributed by atoms with Crippen molar-refractivity contribution in [1.82, 2.24) is 5.16 Å². The minimum absolute atomic E-state index is 0.460. The normalized spacial score (nSPS) is 11.4. The van der Waals surface area contributed by atoms with Gasteiger partial charge in [0.2, 0.25) is 10.0 Å². The van der Waals surface area contributed by atoms with E-state index in [0.29, 0.717) is 11.4 Å². The van der Waals surface area contributed by atoms with Gasteiger partial charge in [0.1, 0.15) is 0 Å². The van der Waals surface area contributed by atoms with Crippen molar-refractivity contribution < 1.29 is 12.9 Å². The predicted molar refractivity (Wildman–Crippen MR) is 63.2 cm³/mol. The number of H-pyrrole nitrogens is 1. The summed E-state index contributed by atoms with van der Waals surface area (Å²) in [5, 5.41) is 2.46. The van der Waals surface area contributed by atoms with Crippen LogP contribution in [0.2, 0.25) is 0 Å². The molecule has 1 aromatic heterocycles. The van der Waals surface area contributed by atoms with Crippen molar-refractivity contribution in [3.63, 3.8) is 0 Å². The molecule has 0 bridgehead atoms. The van der Waals surface area contributed by atoms with Crippen LogP contribution in [0.3, 0.4) is 0 Å². The zero-order valence-corrected chi connectivity index (χ0v) is 9.74. The van der Waals surface area contributed by atoms with Crippen LogP contribution in [0.25, 0.3) is 11.3 Å². The molecular formula is C10H10N2O4S. The van der Waals surface area contributed by atoms with Crippen LogP contribution in [-0.2, 0) is 10.0 Å². The van der Waals surface area contributed by atoms with Gasteiger partial charge < -0.3 is 4.52 Å². The second-order valence-corrected chi connectivity index (χ2v) is 5.28. The van der Waals surface area contributed by atoms with Crippen LogP contribution in [0.1, 0.15) is 0 Å². The molecule has 0 unspecified atom stereocenters. The third-order valence-electron chi connectivity index (χ3n) is 2.02. The van der Waals surface area contributed by atoms with Crippen molar-refractivity contribution in [2.45, 2.75) is 0 Å². The van der Waals surface area contributed by atoms with E-state index >= 15 is 0 Å². The Morgan fingerprint density at radius 1 is 1.24 bits per heavy atom. The second-order valence-electron chi connectivity index (χ2n) is 3.53. The van der Waals surface area contributed by atoms with Gasteiger partial charge in [0.05, 0.1) is 18.0 Å². The van der Waals surface area contributed by atoms with E-state index in [-0.39, 0.29) is 0 Å². The topological polar surface area (TPSA) is 92.2 Å². The van der Waals surface area contributed by atoms with Gasteiger partial charge in [-0.05, 0) is 12.1 Å². The Bertz CT molecular complexity index is 667. The lowest BCUT2D eigenvalue weighted by atomic mass is 10.1. The van der Waals surface area contributed by atoms with Gasteiger partial charge >= 0.3 is 5.63 Å². The summed E-state index contributed by atoms with van der Waals surface area (Å²) >= 11 is 0.